The van der Waals surface area contributed by atoms with Gasteiger partial charge in [0.25, 0.3) is 16.7 Å². The van der Waals surface area contributed by atoms with Crippen LogP contribution in [0.25, 0.3) is 63.0 Å². The molecule has 40 heteroatoms. The molecule has 9 aromatic heterocycles. The van der Waals surface area contributed by atoms with E-state index in [1.807, 2.05) is 0 Å². The van der Waals surface area contributed by atoms with Crippen molar-refractivity contribution in [3.63, 3.8) is 0 Å². The highest BCUT2D eigenvalue weighted by molar-refractivity contribution is 7.19. The van der Waals surface area contributed by atoms with Crippen LogP contribution in [0.1, 0.15) is 69.6 Å². The number of aromatic nitrogens is 9. The molecule has 542 valence electrons. The van der Waals surface area contributed by atoms with E-state index in [1.165, 1.54) is 84.2 Å². The zero-order chi connectivity index (χ0) is 72.0. The van der Waals surface area contributed by atoms with Crippen molar-refractivity contribution in [1.29, 1.82) is 0 Å². The van der Waals surface area contributed by atoms with E-state index in [9.17, 15) is 73.1 Å². The Hall–Kier alpha value is -8.60. The van der Waals surface area contributed by atoms with E-state index in [2.05, 4.69) is 35.6 Å². The maximum absolute atomic E-state index is 13.0. The van der Waals surface area contributed by atoms with E-state index in [1.54, 1.807) is 53.1 Å². The molecular formula is C62H55Cl2F9N12O11S6. The van der Waals surface area contributed by atoms with Crippen LogP contribution in [0.5, 0.6) is 0 Å². The van der Waals surface area contributed by atoms with Gasteiger partial charge < -0.3 is 35.7 Å². The minimum atomic E-state index is -4.49. The average molecular weight is 1580 g/mol. The Kier molecular flexibility index (Phi) is 25.8. The molecule has 0 atom stereocenters. The van der Waals surface area contributed by atoms with Crippen molar-refractivity contribution in [2.24, 2.45) is 11.5 Å². The number of carbonyl (C=O) groups is 4. The van der Waals surface area contributed by atoms with Gasteiger partial charge in [-0.3, -0.25) is 28.8 Å². The van der Waals surface area contributed by atoms with Crippen LogP contribution in [0.15, 0.2) is 101 Å². The number of esters is 3. The Morgan fingerprint density at radius 3 is 1.04 bits per heavy atom. The first-order valence-electron chi connectivity index (χ1n) is 29.4. The highest BCUT2D eigenvalue weighted by Crippen LogP contribution is 2.36. The third-order valence-electron chi connectivity index (χ3n) is 13.9. The molecule has 12 aromatic rings. The first-order valence-corrected chi connectivity index (χ1v) is 34.7. The Morgan fingerprint density at radius 1 is 0.461 bits per heavy atom. The first kappa shape index (κ1) is 79.1. The van der Waals surface area contributed by atoms with E-state index < -0.39 is 70.4 Å². The number of hydrogen-bond acceptors (Lipinski definition) is 25. The quantitative estimate of drug-likeness (QED) is 0.0293. The lowest BCUT2D eigenvalue weighted by atomic mass is 10.2. The van der Waals surface area contributed by atoms with Crippen LogP contribution < -0.4 is 33.5 Å². The summed E-state index contributed by atoms with van der Waals surface area (Å²) in [6.45, 7) is 5.55. The Labute approximate surface area is 604 Å². The maximum Gasteiger partial charge on any atom is 0.416 e. The van der Waals surface area contributed by atoms with Crippen LogP contribution in [-0.4, -0.2) is 113 Å². The second-order valence-corrected chi connectivity index (χ2v) is 28.0. The van der Waals surface area contributed by atoms with Gasteiger partial charge in [0.15, 0.2) is 0 Å². The minimum absolute atomic E-state index is 0. The molecule has 0 fully saturated rings. The molecule has 0 unspecified atom stereocenters. The van der Waals surface area contributed by atoms with Crippen molar-refractivity contribution < 1.29 is 77.6 Å². The summed E-state index contributed by atoms with van der Waals surface area (Å²) in [7, 11) is 0. The third-order valence-corrected chi connectivity index (χ3v) is 19.2. The molecule has 0 saturated heterocycles. The topological polar surface area (TPSA) is 313 Å². The molecule has 3 aromatic carbocycles. The molecular weight excluding hydrogens is 1520 g/mol. The number of halogens is 11. The van der Waals surface area contributed by atoms with Crippen LogP contribution in [-0.2, 0) is 90.8 Å². The van der Waals surface area contributed by atoms with Crippen LogP contribution in [0.3, 0.4) is 0 Å². The van der Waals surface area contributed by atoms with Gasteiger partial charge >= 0.3 is 42.5 Å². The summed E-state index contributed by atoms with van der Waals surface area (Å²) in [5.41, 5.74) is 8.12. The molecule has 0 aliphatic carbocycles. The molecule has 5 N–H and O–H groups in total. The summed E-state index contributed by atoms with van der Waals surface area (Å²) in [5, 5.41) is 29.6. The van der Waals surface area contributed by atoms with Crippen molar-refractivity contribution >= 4 is 180 Å². The largest absolute Gasteiger partial charge is 0.464 e. The van der Waals surface area contributed by atoms with Crippen LogP contribution >= 0.6 is 92.8 Å². The van der Waals surface area contributed by atoms with Crippen molar-refractivity contribution in [3.8, 4) is 0 Å². The van der Waals surface area contributed by atoms with Gasteiger partial charge in [-0.25, -0.2) is 33.8 Å². The molecule has 1 amide bonds. The SMILES string of the molecule is CC(C)(C)OC(=O)NCCOC(=O)Cc1nn(Cc2nc3cc(C(F)(F)F)ccc3s2)c(=O)c2cscc12.Cl.Cl.NCCOC(=O)Cc1nn(Cc2nc3cc(C(F)(F)F)ccc3s2)c(=O)c2cscc12.NCCOC(=O)Cc1nn(Cc2nc3cc(C(F)(F)F)ccc3s2)c(=O)c2cscc12. The molecule has 12 rings (SSSR count). The third kappa shape index (κ3) is 19.8. The van der Waals surface area contributed by atoms with Gasteiger partial charge in [-0.1, -0.05) is 0 Å². The number of nitrogens with one attached hydrogen (secondary N) is 1. The second-order valence-electron chi connectivity index (χ2n) is 22.4. The smallest absolute Gasteiger partial charge is 0.416 e. The molecule has 0 saturated carbocycles. The number of fused-ring (bicyclic) bond motifs is 6. The minimum Gasteiger partial charge on any atom is -0.464 e. The van der Waals surface area contributed by atoms with E-state index in [-0.39, 0.29) is 131 Å². The van der Waals surface area contributed by atoms with Gasteiger partial charge in [0.2, 0.25) is 0 Å². The number of thiazole rings is 3. The van der Waals surface area contributed by atoms with Crippen molar-refractivity contribution in [3.05, 3.63) is 167 Å². The van der Waals surface area contributed by atoms with Crippen molar-refractivity contribution in [2.45, 2.75) is 83.8 Å². The second kappa shape index (κ2) is 33.2. The number of benzene rings is 3. The summed E-state index contributed by atoms with van der Waals surface area (Å²) >= 11 is 7.39. The first-order chi connectivity index (χ1) is 47.3. The zero-order valence-electron chi connectivity index (χ0n) is 53.0. The maximum atomic E-state index is 13.0. The summed E-state index contributed by atoms with van der Waals surface area (Å²) in [5.74, 6) is -1.65. The number of ether oxygens (including phenoxy) is 4. The summed E-state index contributed by atoms with van der Waals surface area (Å²) in [6, 6.07) is 9.96. The number of alkyl carbamates (subject to hydrolysis) is 1. The van der Waals surface area contributed by atoms with Gasteiger partial charge in [-0.15, -0.1) is 58.8 Å². The average Bonchev–Trinajstić information content (AvgIpc) is 1.61. The molecule has 0 aliphatic rings. The number of thiophene rings is 3. The Bertz CT molecular complexity index is 5030. The van der Waals surface area contributed by atoms with Gasteiger partial charge in [-0.05, 0) is 75.4 Å². The number of nitrogens with zero attached hydrogens (tertiary/aromatic N) is 9. The zero-order valence-corrected chi connectivity index (χ0v) is 59.5. The standard InChI is InChI=1S/C24H23F3N4O5S2.2C19H15F3N4O3S2.2ClH/c1-23(2,3)36-22(34)28-6-7-35-20(32)9-16-14-11-37-12-15(14)21(33)31(30-16)10-19-29-17-8-13(24(25,26)27)4-5-18(17)38-19;2*20-19(21,22)10-1-2-15-14(5-10)24-16(31-15)7-26-18(28)12-9-30-8-11(12)13(25-26)6-17(27)29-4-3-23;;/h4-5,8,11-12H,6-7,9-10H2,1-3H3,(H,28,34);2*1-2,5,8-9H,3-4,6-7,23H2;2*1H. The lowest BCUT2D eigenvalue weighted by Gasteiger charge is -2.19. The Balaban J connectivity index is 0.000000194. The molecule has 0 radical (unpaired) electrons. The number of carbonyl (C=O) groups excluding carboxylic acids is 4. The molecule has 0 aliphatic heterocycles. The Morgan fingerprint density at radius 2 is 0.755 bits per heavy atom. The fourth-order valence-electron chi connectivity index (χ4n) is 9.51. The van der Waals surface area contributed by atoms with Gasteiger partial charge in [0.1, 0.15) is 40.4 Å². The van der Waals surface area contributed by atoms with Crippen LogP contribution in [0, 0.1) is 0 Å². The summed E-state index contributed by atoms with van der Waals surface area (Å²) in [6.07, 6.45) is -14.6. The van der Waals surface area contributed by atoms with Crippen LogP contribution in [0.4, 0.5) is 44.3 Å². The van der Waals surface area contributed by atoms with Crippen molar-refractivity contribution in [2.75, 3.05) is 39.5 Å². The molecule has 9 heterocycles. The lowest BCUT2D eigenvalue weighted by molar-refractivity contribution is -0.143. The number of nitrogens with two attached hydrogens (primary N) is 2. The molecule has 23 nitrogen and oxygen atoms in total. The predicted molar refractivity (Wildman–Crippen MR) is 374 cm³/mol. The van der Waals surface area contributed by atoms with Crippen LogP contribution in [0.2, 0.25) is 0 Å². The molecule has 0 bridgehead atoms. The number of amides is 1. The monoisotopic (exact) mass is 1580 g/mol. The highest BCUT2D eigenvalue weighted by atomic mass is 35.5. The fraction of sp³-hybridized carbons (Fsp3) is 0.306. The summed E-state index contributed by atoms with van der Waals surface area (Å²) < 4.78 is 142. The van der Waals surface area contributed by atoms with E-state index in [4.69, 9.17) is 30.4 Å². The summed E-state index contributed by atoms with van der Waals surface area (Å²) in [4.78, 5) is 99.5. The number of rotatable bonds is 19. The molecule has 0 spiro atoms. The predicted octanol–water partition coefficient (Wildman–Crippen LogP) is 11.9. The van der Waals surface area contributed by atoms with Crippen molar-refractivity contribution in [1.82, 2.24) is 49.6 Å². The van der Waals surface area contributed by atoms with Gasteiger partial charge in [-0.2, -0.15) is 88.8 Å². The molecule has 102 heavy (non-hydrogen) atoms. The van der Waals surface area contributed by atoms with Gasteiger partial charge in [0, 0.05) is 61.5 Å². The van der Waals surface area contributed by atoms with E-state index in [0.717, 1.165) is 52.4 Å². The highest BCUT2D eigenvalue weighted by Gasteiger charge is 2.33. The normalized spacial score (nSPS) is 11.8. The fourth-order valence-corrected chi connectivity index (χ4v) is 14.8. The van der Waals surface area contributed by atoms with Gasteiger partial charge in [0.05, 0.1) is 126 Å². The lowest BCUT2D eigenvalue weighted by Crippen LogP contribution is -2.34. The number of hydrogen-bond donors (Lipinski definition) is 3. The van der Waals surface area contributed by atoms with E-state index >= 15 is 0 Å². The van der Waals surface area contributed by atoms with E-state index in [0.29, 0.717) is 78.5 Å². The number of alkyl halides is 9.